The standard InChI is InChI=1S/C14H31N/c1-7-9-11-13(3,4)15-14(5,6)12-10-8-2/h15H,7-12H2,1-6H3. The normalized spacial score (nSPS) is 13.2. The quantitative estimate of drug-likeness (QED) is 0.625. The van der Waals surface area contributed by atoms with Crippen LogP contribution >= 0.6 is 0 Å². The van der Waals surface area contributed by atoms with Crippen molar-refractivity contribution in [3.8, 4) is 0 Å². The van der Waals surface area contributed by atoms with E-state index in [1.165, 1.54) is 38.5 Å². The second-order valence-corrected chi connectivity index (χ2v) is 6.10. The van der Waals surface area contributed by atoms with Gasteiger partial charge in [-0.15, -0.1) is 0 Å². The van der Waals surface area contributed by atoms with Crippen molar-refractivity contribution in [2.45, 2.75) is 91.1 Å². The van der Waals surface area contributed by atoms with Crippen molar-refractivity contribution >= 4 is 0 Å². The van der Waals surface area contributed by atoms with Crippen LogP contribution < -0.4 is 5.32 Å². The van der Waals surface area contributed by atoms with Crippen molar-refractivity contribution in [2.24, 2.45) is 0 Å². The van der Waals surface area contributed by atoms with Gasteiger partial charge in [-0.2, -0.15) is 0 Å². The number of hydrogen-bond donors (Lipinski definition) is 1. The summed E-state index contributed by atoms with van der Waals surface area (Å²) in [6.07, 6.45) is 7.78. The summed E-state index contributed by atoms with van der Waals surface area (Å²) >= 11 is 0. The molecular formula is C14H31N. The lowest BCUT2D eigenvalue weighted by Gasteiger charge is -2.37. The Kier molecular flexibility index (Phi) is 6.51. The molecule has 0 radical (unpaired) electrons. The third-order valence-corrected chi connectivity index (χ3v) is 2.99. The molecule has 0 heterocycles. The van der Waals surface area contributed by atoms with Gasteiger partial charge in [-0.3, -0.25) is 0 Å². The van der Waals surface area contributed by atoms with Crippen molar-refractivity contribution in [3.63, 3.8) is 0 Å². The Morgan fingerprint density at radius 3 is 1.33 bits per heavy atom. The van der Waals surface area contributed by atoms with Crippen LogP contribution in [0.3, 0.4) is 0 Å². The van der Waals surface area contributed by atoms with Crippen LogP contribution in [0.5, 0.6) is 0 Å². The minimum atomic E-state index is 0.285. The fourth-order valence-electron chi connectivity index (χ4n) is 2.28. The third-order valence-electron chi connectivity index (χ3n) is 2.99. The molecule has 1 heteroatoms. The van der Waals surface area contributed by atoms with Gasteiger partial charge in [0.05, 0.1) is 0 Å². The highest BCUT2D eigenvalue weighted by Gasteiger charge is 2.26. The van der Waals surface area contributed by atoms with E-state index in [-0.39, 0.29) is 11.1 Å². The van der Waals surface area contributed by atoms with Crippen LogP contribution in [0.1, 0.15) is 80.1 Å². The van der Waals surface area contributed by atoms with E-state index in [0.29, 0.717) is 0 Å². The van der Waals surface area contributed by atoms with E-state index in [1.807, 2.05) is 0 Å². The van der Waals surface area contributed by atoms with Gasteiger partial charge < -0.3 is 5.32 Å². The summed E-state index contributed by atoms with van der Waals surface area (Å²) in [5, 5.41) is 3.80. The zero-order chi connectivity index (χ0) is 11.9. The molecule has 0 aliphatic rings. The molecule has 0 saturated carbocycles. The lowest BCUT2D eigenvalue weighted by molar-refractivity contribution is 0.232. The monoisotopic (exact) mass is 213 g/mol. The van der Waals surface area contributed by atoms with E-state index >= 15 is 0 Å². The third kappa shape index (κ3) is 7.84. The van der Waals surface area contributed by atoms with Crippen LogP contribution in [-0.4, -0.2) is 11.1 Å². The minimum Gasteiger partial charge on any atom is -0.307 e. The Hall–Kier alpha value is -0.0400. The first-order valence-electron chi connectivity index (χ1n) is 6.62. The summed E-state index contributed by atoms with van der Waals surface area (Å²) in [5.74, 6) is 0. The zero-order valence-electron chi connectivity index (χ0n) is 11.7. The molecule has 0 fully saturated rings. The zero-order valence-corrected chi connectivity index (χ0v) is 11.7. The van der Waals surface area contributed by atoms with Gasteiger partial charge in [-0.05, 0) is 40.5 Å². The summed E-state index contributed by atoms with van der Waals surface area (Å²) < 4.78 is 0. The van der Waals surface area contributed by atoms with E-state index in [9.17, 15) is 0 Å². The van der Waals surface area contributed by atoms with Gasteiger partial charge in [0.1, 0.15) is 0 Å². The van der Waals surface area contributed by atoms with Crippen molar-refractivity contribution in [1.82, 2.24) is 5.32 Å². The molecule has 0 aliphatic carbocycles. The first-order chi connectivity index (χ1) is 6.83. The molecule has 0 aromatic carbocycles. The molecule has 92 valence electrons. The molecule has 0 amide bonds. The fourth-order valence-corrected chi connectivity index (χ4v) is 2.28. The Bertz CT molecular complexity index is 141. The van der Waals surface area contributed by atoms with E-state index < -0.39 is 0 Å². The first-order valence-corrected chi connectivity index (χ1v) is 6.62. The van der Waals surface area contributed by atoms with E-state index in [1.54, 1.807) is 0 Å². The maximum absolute atomic E-state index is 3.80. The van der Waals surface area contributed by atoms with Crippen LogP contribution in [0, 0.1) is 0 Å². The summed E-state index contributed by atoms with van der Waals surface area (Å²) in [6, 6.07) is 0. The second kappa shape index (κ2) is 6.52. The second-order valence-electron chi connectivity index (χ2n) is 6.10. The number of nitrogens with one attached hydrogen (secondary N) is 1. The first kappa shape index (κ1) is 15.0. The Morgan fingerprint density at radius 2 is 1.07 bits per heavy atom. The minimum absolute atomic E-state index is 0.285. The van der Waals surface area contributed by atoms with Gasteiger partial charge in [0.2, 0.25) is 0 Å². The summed E-state index contributed by atoms with van der Waals surface area (Å²) in [5.41, 5.74) is 0.570. The molecule has 0 aromatic heterocycles. The molecule has 15 heavy (non-hydrogen) atoms. The maximum Gasteiger partial charge on any atom is 0.0130 e. The SMILES string of the molecule is CCCCC(C)(C)NC(C)(C)CCCC. The highest BCUT2D eigenvalue weighted by Crippen LogP contribution is 2.21. The van der Waals surface area contributed by atoms with Gasteiger partial charge in [0, 0.05) is 11.1 Å². The molecule has 0 atom stereocenters. The fraction of sp³-hybridized carbons (Fsp3) is 1.00. The van der Waals surface area contributed by atoms with Crippen LogP contribution in [0.15, 0.2) is 0 Å². The highest BCUT2D eigenvalue weighted by molar-refractivity contribution is 4.87. The molecule has 0 bridgehead atoms. The summed E-state index contributed by atoms with van der Waals surface area (Å²) in [4.78, 5) is 0. The smallest absolute Gasteiger partial charge is 0.0130 e. The lowest BCUT2D eigenvalue weighted by Crippen LogP contribution is -2.51. The maximum atomic E-state index is 3.80. The van der Waals surface area contributed by atoms with Crippen molar-refractivity contribution in [2.75, 3.05) is 0 Å². The van der Waals surface area contributed by atoms with E-state index in [2.05, 4.69) is 46.9 Å². The van der Waals surface area contributed by atoms with Crippen molar-refractivity contribution < 1.29 is 0 Å². The molecular weight excluding hydrogens is 182 g/mol. The summed E-state index contributed by atoms with van der Waals surface area (Å²) in [6.45, 7) is 13.8. The van der Waals surface area contributed by atoms with Gasteiger partial charge in [-0.25, -0.2) is 0 Å². The van der Waals surface area contributed by atoms with E-state index in [0.717, 1.165) is 0 Å². The molecule has 0 rings (SSSR count). The molecule has 0 unspecified atom stereocenters. The number of rotatable bonds is 8. The molecule has 0 saturated heterocycles. The molecule has 1 nitrogen and oxygen atoms in total. The van der Waals surface area contributed by atoms with Crippen LogP contribution in [-0.2, 0) is 0 Å². The van der Waals surface area contributed by atoms with Gasteiger partial charge in [0.15, 0.2) is 0 Å². The molecule has 1 N–H and O–H groups in total. The average molecular weight is 213 g/mol. The Balaban J connectivity index is 4.04. The van der Waals surface area contributed by atoms with Crippen LogP contribution in [0.25, 0.3) is 0 Å². The number of hydrogen-bond acceptors (Lipinski definition) is 1. The van der Waals surface area contributed by atoms with Crippen LogP contribution in [0.4, 0.5) is 0 Å². The van der Waals surface area contributed by atoms with Crippen LogP contribution in [0.2, 0.25) is 0 Å². The summed E-state index contributed by atoms with van der Waals surface area (Å²) in [7, 11) is 0. The average Bonchev–Trinajstić information content (AvgIpc) is 2.10. The highest BCUT2D eigenvalue weighted by atomic mass is 15.0. The topological polar surface area (TPSA) is 12.0 Å². The Morgan fingerprint density at radius 1 is 0.733 bits per heavy atom. The largest absolute Gasteiger partial charge is 0.307 e. The van der Waals surface area contributed by atoms with Crippen molar-refractivity contribution in [1.29, 1.82) is 0 Å². The predicted molar refractivity (Wildman–Crippen MR) is 70.3 cm³/mol. The van der Waals surface area contributed by atoms with Gasteiger partial charge in [-0.1, -0.05) is 39.5 Å². The van der Waals surface area contributed by atoms with Gasteiger partial charge in [0.25, 0.3) is 0 Å². The molecule has 0 aromatic rings. The number of unbranched alkanes of at least 4 members (excludes halogenated alkanes) is 2. The molecule has 0 spiro atoms. The lowest BCUT2D eigenvalue weighted by atomic mass is 9.89. The molecule has 0 aliphatic heterocycles. The predicted octanol–water partition coefficient (Wildman–Crippen LogP) is 4.51. The van der Waals surface area contributed by atoms with Crippen molar-refractivity contribution in [3.05, 3.63) is 0 Å². The van der Waals surface area contributed by atoms with Gasteiger partial charge >= 0.3 is 0 Å². The van der Waals surface area contributed by atoms with E-state index in [4.69, 9.17) is 0 Å². The Labute approximate surface area is 97.0 Å².